The summed E-state index contributed by atoms with van der Waals surface area (Å²) in [6, 6.07) is 13.9. The molecule has 2 aromatic heterocycles. The number of hydrogen-bond acceptors (Lipinski definition) is 6. The van der Waals surface area contributed by atoms with Gasteiger partial charge in [-0.05, 0) is 43.0 Å². The standard InChI is InChI=1S/C25H26N4O2S2/c1-3-4-14-28-24(31)20(33-25(28)32)15-19-22(26-13-12-18-8-6-5-7-9-18)27-21-11-10-17(2)16-29(21)23(19)30/h5-11,15-16,26H,3-4,12-14H2,1-2H3/b20-15-. The van der Waals surface area contributed by atoms with Crippen molar-refractivity contribution in [2.24, 2.45) is 0 Å². The van der Waals surface area contributed by atoms with Crippen LogP contribution < -0.4 is 10.9 Å². The van der Waals surface area contributed by atoms with E-state index in [0.717, 1.165) is 24.8 Å². The molecule has 0 aliphatic carbocycles. The summed E-state index contributed by atoms with van der Waals surface area (Å²) >= 11 is 6.66. The zero-order chi connectivity index (χ0) is 23.4. The van der Waals surface area contributed by atoms with Gasteiger partial charge < -0.3 is 5.32 Å². The Morgan fingerprint density at radius 1 is 1.15 bits per heavy atom. The monoisotopic (exact) mass is 478 g/mol. The highest BCUT2D eigenvalue weighted by molar-refractivity contribution is 8.26. The number of rotatable bonds is 8. The molecule has 0 saturated carbocycles. The number of pyridine rings is 1. The molecule has 6 nitrogen and oxygen atoms in total. The third kappa shape index (κ3) is 5.17. The second kappa shape index (κ2) is 10.3. The Bertz CT molecular complexity index is 1280. The Morgan fingerprint density at radius 3 is 2.70 bits per heavy atom. The number of nitrogens with one attached hydrogen (secondary N) is 1. The summed E-state index contributed by atoms with van der Waals surface area (Å²) in [5, 5.41) is 3.32. The van der Waals surface area contributed by atoms with E-state index in [4.69, 9.17) is 17.2 Å². The molecule has 1 N–H and O–H groups in total. The maximum Gasteiger partial charge on any atom is 0.267 e. The van der Waals surface area contributed by atoms with Crippen LogP contribution in [0.15, 0.2) is 58.4 Å². The zero-order valence-corrected chi connectivity index (χ0v) is 20.3. The fourth-order valence-corrected chi connectivity index (χ4v) is 4.92. The average Bonchev–Trinajstić information content (AvgIpc) is 3.08. The maximum atomic E-state index is 13.4. The van der Waals surface area contributed by atoms with Crippen molar-refractivity contribution < 1.29 is 4.79 Å². The van der Waals surface area contributed by atoms with Crippen LogP contribution in [0.1, 0.15) is 36.5 Å². The molecule has 1 fully saturated rings. The summed E-state index contributed by atoms with van der Waals surface area (Å²) in [6.07, 6.45) is 6.04. The number of hydrogen-bond donors (Lipinski definition) is 1. The van der Waals surface area contributed by atoms with Crippen LogP contribution in [0.3, 0.4) is 0 Å². The molecule has 0 atom stereocenters. The van der Waals surface area contributed by atoms with Crippen molar-refractivity contribution in [3.63, 3.8) is 0 Å². The number of anilines is 1. The number of aryl methyl sites for hydroxylation is 1. The first-order chi connectivity index (χ1) is 16.0. The fourth-order valence-electron chi connectivity index (χ4n) is 3.63. The summed E-state index contributed by atoms with van der Waals surface area (Å²) in [4.78, 5) is 33.2. The summed E-state index contributed by atoms with van der Waals surface area (Å²) in [6.45, 7) is 5.20. The number of benzene rings is 1. The minimum Gasteiger partial charge on any atom is -0.369 e. The number of aromatic nitrogens is 2. The highest BCUT2D eigenvalue weighted by Crippen LogP contribution is 2.33. The lowest BCUT2D eigenvalue weighted by molar-refractivity contribution is -0.122. The van der Waals surface area contributed by atoms with Crippen molar-refractivity contribution in [2.45, 2.75) is 33.1 Å². The third-order valence-corrected chi connectivity index (χ3v) is 6.82. The number of unbranched alkanes of at least 4 members (excludes halogenated alkanes) is 1. The molecule has 170 valence electrons. The van der Waals surface area contributed by atoms with Gasteiger partial charge in [-0.2, -0.15) is 0 Å². The topological polar surface area (TPSA) is 66.7 Å². The Labute approximate surface area is 202 Å². The van der Waals surface area contributed by atoms with Gasteiger partial charge in [0.2, 0.25) is 0 Å². The molecule has 1 aliphatic rings. The fraction of sp³-hybridized carbons (Fsp3) is 0.280. The van der Waals surface area contributed by atoms with Gasteiger partial charge in [0.15, 0.2) is 0 Å². The number of thioether (sulfide) groups is 1. The van der Waals surface area contributed by atoms with Crippen molar-refractivity contribution in [3.8, 4) is 0 Å². The molecule has 0 spiro atoms. The van der Waals surface area contributed by atoms with E-state index in [9.17, 15) is 9.59 Å². The quantitative estimate of drug-likeness (QED) is 0.375. The number of carbonyl (C=O) groups is 1. The van der Waals surface area contributed by atoms with E-state index in [0.29, 0.717) is 39.3 Å². The smallest absolute Gasteiger partial charge is 0.267 e. The van der Waals surface area contributed by atoms with Crippen LogP contribution in [0.4, 0.5) is 5.82 Å². The second-order valence-corrected chi connectivity index (χ2v) is 9.64. The molecule has 1 aromatic carbocycles. The van der Waals surface area contributed by atoms with Crippen LogP contribution in [-0.2, 0) is 11.2 Å². The van der Waals surface area contributed by atoms with Crippen LogP contribution in [0, 0.1) is 6.92 Å². The van der Waals surface area contributed by atoms with E-state index < -0.39 is 0 Å². The zero-order valence-electron chi connectivity index (χ0n) is 18.7. The first-order valence-corrected chi connectivity index (χ1v) is 12.3. The summed E-state index contributed by atoms with van der Waals surface area (Å²) in [5.41, 5.74) is 2.84. The largest absolute Gasteiger partial charge is 0.369 e. The molecular weight excluding hydrogens is 452 g/mol. The van der Waals surface area contributed by atoms with Gasteiger partial charge in [-0.3, -0.25) is 18.9 Å². The summed E-state index contributed by atoms with van der Waals surface area (Å²) < 4.78 is 2.06. The van der Waals surface area contributed by atoms with E-state index in [-0.39, 0.29) is 11.5 Å². The molecule has 1 aliphatic heterocycles. The predicted molar refractivity (Wildman–Crippen MR) is 140 cm³/mol. The van der Waals surface area contributed by atoms with E-state index in [2.05, 4.69) is 24.4 Å². The van der Waals surface area contributed by atoms with Crippen molar-refractivity contribution in [1.29, 1.82) is 0 Å². The molecule has 0 unspecified atom stereocenters. The molecule has 3 heterocycles. The van der Waals surface area contributed by atoms with Crippen LogP contribution in [-0.4, -0.2) is 37.6 Å². The number of fused-ring (bicyclic) bond motifs is 1. The normalized spacial score (nSPS) is 15.1. The van der Waals surface area contributed by atoms with Crippen LogP contribution >= 0.6 is 24.0 Å². The minimum atomic E-state index is -0.218. The maximum absolute atomic E-state index is 13.4. The van der Waals surface area contributed by atoms with Gasteiger partial charge in [-0.25, -0.2) is 4.98 Å². The van der Waals surface area contributed by atoms with Gasteiger partial charge in [0, 0.05) is 19.3 Å². The summed E-state index contributed by atoms with van der Waals surface area (Å²) in [7, 11) is 0. The molecular formula is C25H26N4O2S2. The van der Waals surface area contributed by atoms with Crippen LogP contribution in [0.2, 0.25) is 0 Å². The molecule has 8 heteroatoms. The lowest BCUT2D eigenvalue weighted by Crippen LogP contribution is -2.29. The lowest BCUT2D eigenvalue weighted by atomic mass is 10.1. The highest BCUT2D eigenvalue weighted by atomic mass is 32.2. The van der Waals surface area contributed by atoms with E-state index in [1.807, 2.05) is 37.3 Å². The summed E-state index contributed by atoms with van der Waals surface area (Å²) in [5.74, 6) is 0.320. The molecule has 4 rings (SSSR count). The van der Waals surface area contributed by atoms with Crippen molar-refractivity contribution in [3.05, 3.63) is 80.6 Å². The highest BCUT2D eigenvalue weighted by Gasteiger charge is 2.32. The van der Waals surface area contributed by atoms with Gasteiger partial charge >= 0.3 is 0 Å². The molecule has 1 amide bonds. The van der Waals surface area contributed by atoms with Gasteiger partial charge in [0.05, 0.1) is 10.5 Å². The minimum absolute atomic E-state index is 0.151. The number of thiocarbonyl (C=S) groups is 1. The van der Waals surface area contributed by atoms with E-state index in [1.54, 1.807) is 17.2 Å². The van der Waals surface area contributed by atoms with E-state index in [1.165, 1.54) is 21.7 Å². The molecule has 3 aromatic rings. The number of nitrogens with zero attached hydrogens (tertiary/aromatic N) is 3. The van der Waals surface area contributed by atoms with Crippen LogP contribution in [0.25, 0.3) is 11.7 Å². The first kappa shape index (κ1) is 23.2. The Hall–Kier alpha value is -2.97. The molecule has 0 radical (unpaired) electrons. The van der Waals surface area contributed by atoms with Crippen LogP contribution in [0.5, 0.6) is 0 Å². The SMILES string of the molecule is CCCCN1C(=O)/C(=C/c2c(NCCc3ccccc3)nc3ccc(C)cn3c2=O)SC1=S. The lowest BCUT2D eigenvalue weighted by Gasteiger charge is -2.13. The predicted octanol–water partition coefficient (Wildman–Crippen LogP) is 4.66. The molecule has 1 saturated heterocycles. The van der Waals surface area contributed by atoms with Gasteiger partial charge in [-0.1, -0.05) is 73.7 Å². The Morgan fingerprint density at radius 2 is 1.94 bits per heavy atom. The van der Waals surface area contributed by atoms with E-state index >= 15 is 0 Å². The Balaban J connectivity index is 1.70. The average molecular weight is 479 g/mol. The third-order valence-electron chi connectivity index (χ3n) is 5.44. The van der Waals surface area contributed by atoms with Gasteiger partial charge in [0.25, 0.3) is 11.5 Å². The molecule has 0 bridgehead atoms. The van der Waals surface area contributed by atoms with Gasteiger partial charge in [0.1, 0.15) is 15.8 Å². The molecule has 33 heavy (non-hydrogen) atoms. The van der Waals surface area contributed by atoms with Crippen molar-refractivity contribution >= 4 is 51.7 Å². The van der Waals surface area contributed by atoms with Crippen molar-refractivity contribution in [1.82, 2.24) is 14.3 Å². The second-order valence-electron chi connectivity index (χ2n) is 7.96. The number of carbonyl (C=O) groups excluding carboxylic acids is 1. The van der Waals surface area contributed by atoms with Crippen molar-refractivity contribution in [2.75, 3.05) is 18.4 Å². The number of amides is 1. The first-order valence-electron chi connectivity index (χ1n) is 11.0. The Kier molecular flexibility index (Phi) is 7.25. The van der Waals surface area contributed by atoms with Gasteiger partial charge in [-0.15, -0.1) is 0 Å².